The molecule has 0 radical (unpaired) electrons. The highest BCUT2D eigenvalue weighted by atomic mass is 16.3. The first kappa shape index (κ1) is 10.2. The van der Waals surface area contributed by atoms with Crippen LogP contribution in [-0.2, 0) is 0 Å². The smallest absolute Gasteiger partial charge is 0.153 e. The number of nitrogens with zero attached hydrogens (tertiary/aromatic N) is 2. The summed E-state index contributed by atoms with van der Waals surface area (Å²) in [5.41, 5.74) is 0. The third-order valence-electron chi connectivity index (χ3n) is 3.68. The highest BCUT2D eigenvalue weighted by molar-refractivity contribution is 5.05. The number of β-amino-alcohol motifs (C(OH)–C–C–N with tert-alkyl or cyclic N) is 1. The maximum absolute atomic E-state index is 9.45. The summed E-state index contributed by atoms with van der Waals surface area (Å²) in [6.07, 6.45) is 5.53. The van der Waals surface area contributed by atoms with Gasteiger partial charge in [-0.05, 0) is 19.3 Å². The molecule has 1 aromatic rings. The number of hydrogen-bond donors (Lipinski definition) is 3. The summed E-state index contributed by atoms with van der Waals surface area (Å²) in [6.45, 7) is 0.657. The number of aliphatic hydroxyl groups excluding tert-OH is 1. The Bertz CT molecular complexity index is 359. The zero-order valence-corrected chi connectivity index (χ0v) is 9.32. The average Bonchev–Trinajstić information content (AvgIpc) is 2.97. The van der Waals surface area contributed by atoms with E-state index < -0.39 is 0 Å². The van der Waals surface area contributed by atoms with Crippen LogP contribution in [0.25, 0.3) is 0 Å². The van der Waals surface area contributed by atoms with Crippen molar-refractivity contribution in [3.05, 3.63) is 11.6 Å². The molecule has 0 amide bonds. The second-order valence-electron chi connectivity index (χ2n) is 4.91. The summed E-state index contributed by atoms with van der Waals surface area (Å²) >= 11 is 0. The minimum absolute atomic E-state index is 0.151. The molecule has 1 aliphatic heterocycles. The first-order chi connectivity index (χ1) is 7.83. The van der Waals surface area contributed by atoms with Gasteiger partial charge in [0.25, 0.3) is 0 Å². The van der Waals surface area contributed by atoms with Crippen LogP contribution in [0.1, 0.15) is 55.7 Å². The third-order valence-corrected chi connectivity index (χ3v) is 3.68. The van der Waals surface area contributed by atoms with E-state index in [0.717, 1.165) is 18.1 Å². The lowest BCUT2D eigenvalue weighted by Gasteiger charge is -2.05. The number of nitrogens with one attached hydrogen (secondary N) is 2. The molecule has 3 rings (SSSR count). The zero-order valence-electron chi connectivity index (χ0n) is 9.32. The number of aliphatic hydroxyl groups is 1. The maximum Gasteiger partial charge on any atom is 0.153 e. The Morgan fingerprint density at radius 1 is 1.25 bits per heavy atom. The van der Waals surface area contributed by atoms with E-state index in [0.29, 0.717) is 12.5 Å². The monoisotopic (exact) mass is 222 g/mol. The molecule has 1 saturated heterocycles. The van der Waals surface area contributed by atoms with E-state index in [1.165, 1.54) is 25.7 Å². The van der Waals surface area contributed by atoms with Crippen LogP contribution in [0.5, 0.6) is 0 Å². The molecular formula is C11H18N4O. The Morgan fingerprint density at radius 2 is 2.06 bits per heavy atom. The fraction of sp³-hybridized carbons (Fsp3) is 0.818. The minimum atomic E-state index is -0.245. The van der Waals surface area contributed by atoms with Crippen molar-refractivity contribution in [2.45, 2.75) is 50.2 Å². The van der Waals surface area contributed by atoms with Gasteiger partial charge in [-0.3, -0.25) is 5.10 Å². The molecule has 0 unspecified atom stereocenters. The lowest BCUT2D eigenvalue weighted by molar-refractivity contribution is 0.193. The van der Waals surface area contributed by atoms with Crippen LogP contribution in [0.2, 0.25) is 0 Å². The fourth-order valence-corrected chi connectivity index (χ4v) is 2.74. The van der Waals surface area contributed by atoms with Gasteiger partial charge in [0.2, 0.25) is 0 Å². The Kier molecular flexibility index (Phi) is 2.65. The number of aromatic amines is 1. The summed E-state index contributed by atoms with van der Waals surface area (Å²) in [5, 5.41) is 20.0. The molecule has 2 heterocycles. The van der Waals surface area contributed by atoms with Gasteiger partial charge in [-0.15, -0.1) is 0 Å². The normalized spacial score (nSPS) is 31.3. The first-order valence-corrected chi connectivity index (χ1v) is 6.16. The second-order valence-corrected chi connectivity index (χ2v) is 4.91. The van der Waals surface area contributed by atoms with Gasteiger partial charge in [-0.2, -0.15) is 5.10 Å². The molecule has 5 heteroatoms. The van der Waals surface area contributed by atoms with Crippen LogP contribution < -0.4 is 5.32 Å². The Balaban J connectivity index is 1.72. The first-order valence-electron chi connectivity index (χ1n) is 6.16. The number of hydrogen-bond acceptors (Lipinski definition) is 4. The van der Waals surface area contributed by atoms with Gasteiger partial charge in [0.1, 0.15) is 5.82 Å². The number of H-pyrrole nitrogens is 1. The van der Waals surface area contributed by atoms with Crippen LogP contribution in [0, 0.1) is 0 Å². The molecule has 0 spiro atoms. The molecule has 88 valence electrons. The Labute approximate surface area is 94.7 Å². The van der Waals surface area contributed by atoms with Gasteiger partial charge in [0.15, 0.2) is 5.82 Å². The predicted molar refractivity (Wildman–Crippen MR) is 59.0 cm³/mol. The van der Waals surface area contributed by atoms with Crippen LogP contribution in [0.3, 0.4) is 0 Å². The van der Waals surface area contributed by atoms with E-state index in [-0.39, 0.29) is 12.1 Å². The van der Waals surface area contributed by atoms with E-state index >= 15 is 0 Å². The van der Waals surface area contributed by atoms with E-state index in [4.69, 9.17) is 0 Å². The topological polar surface area (TPSA) is 73.8 Å². The molecule has 2 atom stereocenters. The Hall–Kier alpha value is -0.940. The van der Waals surface area contributed by atoms with E-state index in [1.807, 2.05) is 0 Å². The molecule has 16 heavy (non-hydrogen) atoms. The zero-order chi connectivity index (χ0) is 11.0. The highest BCUT2D eigenvalue weighted by Gasteiger charge is 2.28. The summed E-state index contributed by atoms with van der Waals surface area (Å²) in [5.74, 6) is 2.41. The SMILES string of the molecule is O[C@@H]1CN[C@H](c2nc(C3CCCC3)n[nH]2)C1. The van der Waals surface area contributed by atoms with Crippen molar-refractivity contribution >= 4 is 0 Å². The molecule has 1 saturated carbocycles. The van der Waals surface area contributed by atoms with Crippen molar-refractivity contribution in [2.24, 2.45) is 0 Å². The van der Waals surface area contributed by atoms with Crippen molar-refractivity contribution in [3.8, 4) is 0 Å². The standard InChI is InChI=1S/C11H18N4O/c16-8-5-9(12-6-8)11-13-10(14-15-11)7-3-1-2-4-7/h7-9,12,16H,1-6H2,(H,13,14,15)/t8-,9-/m0/s1. The maximum atomic E-state index is 9.45. The molecule has 1 aromatic heterocycles. The van der Waals surface area contributed by atoms with Gasteiger partial charge >= 0.3 is 0 Å². The van der Waals surface area contributed by atoms with Crippen LogP contribution in [-0.4, -0.2) is 32.9 Å². The van der Waals surface area contributed by atoms with Gasteiger partial charge in [0.05, 0.1) is 12.1 Å². The van der Waals surface area contributed by atoms with Crippen LogP contribution in [0.4, 0.5) is 0 Å². The van der Waals surface area contributed by atoms with Crippen LogP contribution >= 0.6 is 0 Å². The molecule has 5 nitrogen and oxygen atoms in total. The molecule has 0 bridgehead atoms. The van der Waals surface area contributed by atoms with Crippen molar-refractivity contribution in [1.29, 1.82) is 0 Å². The van der Waals surface area contributed by atoms with Gasteiger partial charge in [-0.1, -0.05) is 12.8 Å². The molecule has 0 aromatic carbocycles. The Morgan fingerprint density at radius 3 is 2.75 bits per heavy atom. The number of rotatable bonds is 2. The van der Waals surface area contributed by atoms with Crippen LogP contribution in [0.15, 0.2) is 0 Å². The summed E-state index contributed by atoms with van der Waals surface area (Å²) in [4.78, 5) is 4.57. The minimum Gasteiger partial charge on any atom is -0.392 e. The van der Waals surface area contributed by atoms with E-state index in [1.54, 1.807) is 0 Å². The summed E-state index contributed by atoms with van der Waals surface area (Å²) in [6, 6.07) is 0.151. The molecule has 2 fully saturated rings. The van der Waals surface area contributed by atoms with Crippen molar-refractivity contribution in [2.75, 3.05) is 6.54 Å². The van der Waals surface area contributed by atoms with E-state index in [2.05, 4.69) is 20.5 Å². The van der Waals surface area contributed by atoms with Gasteiger partial charge in [0, 0.05) is 12.5 Å². The number of aromatic nitrogens is 3. The highest BCUT2D eigenvalue weighted by Crippen LogP contribution is 2.32. The van der Waals surface area contributed by atoms with Gasteiger partial charge < -0.3 is 10.4 Å². The second kappa shape index (κ2) is 4.14. The fourth-order valence-electron chi connectivity index (χ4n) is 2.74. The molecule has 3 N–H and O–H groups in total. The van der Waals surface area contributed by atoms with Crippen molar-refractivity contribution in [3.63, 3.8) is 0 Å². The quantitative estimate of drug-likeness (QED) is 0.694. The third kappa shape index (κ3) is 1.85. The van der Waals surface area contributed by atoms with E-state index in [9.17, 15) is 5.11 Å². The molecular weight excluding hydrogens is 204 g/mol. The summed E-state index contributed by atoms with van der Waals surface area (Å²) in [7, 11) is 0. The van der Waals surface area contributed by atoms with Gasteiger partial charge in [-0.25, -0.2) is 4.98 Å². The van der Waals surface area contributed by atoms with Crippen molar-refractivity contribution in [1.82, 2.24) is 20.5 Å². The lowest BCUT2D eigenvalue weighted by Crippen LogP contribution is -2.15. The predicted octanol–water partition coefficient (Wildman–Crippen LogP) is 0.858. The summed E-state index contributed by atoms with van der Waals surface area (Å²) < 4.78 is 0. The molecule has 2 aliphatic rings. The van der Waals surface area contributed by atoms with Crippen molar-refractivity contribution < 1.29 is 5.11 Å². The molecule has 1 aliphatic carbocycles. The lowest BCUT2D eigenvalue weighted by atomic mass is 10.1. The average molecular weight is 222 g/mol. The largest absolute Gasteiger partial charge is 0.392 e.